The monoisotopic (exact) mass is 390 g/mol. The number of pyridine rings is 2. The average Bonchev–Trinajstić information content (AvgIpc) is 3.17. The zero-order chi connectivity index (χ0) is 20.2. The molecule has 3 aromatic heterocycles. The maximum Gasteiger partial charge on any atom is 0.287 e. The normalized spacial score (nSPS) is 14.1. The molecule has 4 heterocycles. The van der Waals surface area contributed by atoms with Crippen LogP contribution < -0.4 is 10.2 Å². The topological polar surface area (TPSA) is 82.8 Å². The van der Waals surface area contributed by atoms with Crippen LogP contribution in [-0.2, 0) is 0 Å². The van der Waals surface area contributed by atoms with Crippen LogP contribution in [-0.4, -0.2) is 63.8 Å². The molecule has 0 saturated carbocycles. The highest BCUT2D eigenvalue weighted by Crippen LogP contribution is 2.18. The van der Waals surface area contributed by atoms with Crippen LogP contribution in [0.15, 0.2) is 61.4 Å². The first-order valence-electron chi connectivity index (χ1n) is 9.50. The van der Waals surface area contributed by atoms with Gasteiger partial charge < -0.3 is 15.1 Å². The second-order valence-electron chi connectivity index (χ2n) is 6.71. The molecule has 2 amide bonds. The summed E-state index contributed by atoms with van der Waals surface area (Å²) >= 11 is 0. The summed E-state index contributed by atoms with van der Waals surface area (Å²) in [6.07, 6.45) is 5.10. The minimum Gasteiger partial charge on any atom is -0.353 e. The van der Waals surface area contributed by atoms with E-state index in [2.05, 4.69) is 26.8 Å². The Hall–Kier alpha value is -3.68. The third-order valence-corrected chi connectivity index (χ3v) is 4.90. The lowest BCUT2D eigenvalue weighted by molar-refractivity contribution is 0.0743. The largest absolute Gasteiger partial charge is 0.353 e. The first kappa shape index (κ1) is 18.7. The second-order valence-corrected chi connectivity index (χ2v) is 6.71. The zero-order valence-electron chi connectivity index (χ0n) is 16.0. The lowest BCUT2D eigenvalue weighted by Crippen LogP contribution is -2.49. The molecule has 0 bridgehead atoms. The Labute approximate surface area is 168 Å². The molecule has 1 saturated heterocycles. The summed E-state index contributed by atoms with van der Waals surface area (Å²) in [7, 11) is 0. The quantitative estimate of drug-likeness (QED) is 0.670. The molecular weight excluding hydrogens is 368 g/mol. The van der Waals surface area contributed by atoms with Crippen molar-refractivity contribution < 1.29 is 9.59 Å². The number of hydrogen-bond acceptors (Lipinski definition) is 5. The van der Waals surface area contributed by atoms with Gasteiger partial charge in [0.15, 0.2) is 5.69 Å². The molecule has 1 aliphatic heterocycles. The number of piperazine rings is 1. The summed E-state index contributed by atoms with van der Waals surface area (Å²) in [6, 6.07) is 11.2. The summed E-state index contributed by atoms with van der Waals surface area (Å²) < 4.78 is 1.65. The number of amides is 2. The maximum atomic E-state index is 13.2. The molecule has 0 aliphatic carbocycles. The summed E-state index contributed by atoms with van der Waals surface area (Å²) in [4.78, 5) is 38.3. The highest BCUT2D eigenvalue weighted by Gasteiger charge is 2.27. The lowest BCUT2D eigenvalue weighted by Gasteiger charge is -2.35. The van der Waals surface area contributed by atoms with Gasteiger partial charge in [-0.3, -0.25) is 14.0 Å². The van der Waals surface area contributed by atoms with Crippen LogP contribution in [0.5, 0.6) is 0 Å². The molecule has 1 N–H and O–H groups in total. The number of fused-ring (bicyclic) bond motifs is 1. The van der Waals surface area contributed by atoms with Gasteiger partial charge in [-0.15, -0.1) is 6.58 Å². The van der Waals surface area contributed by atoms with Crippen LogP contribution >= 0.6 is 0 Å². The van der Waals surface area contributed by atoms with Crippen molar-refractivity contribution in [2.24, 2.45) is 0 Å². The molecule has 0 unspecified atom stereocenters. The molecule has 29 heavy (non-hydrogen) atoms. The van der Waals surface area contributed by atoms with Crippen molar-refractivity contribution >= 4 is 23.1 Å². The van der Waals surface area contributed by atoms with Crippen LogP contribution in [0.25, 0.3) is 5.52 Å². The van der Waals surface area contributed by atoms with Gasteiger partial charge >= 0.3 is 0 Å². The molecule has 4 rings (SSSR count). The van der Waals surface area contributed by atoms with Gasteiger partial charge in [0.2, 0.25) is 5.82 Å². The number of rotatable bonds is 5. The third-order valence-electron chi connectivity index (χ3n) is 4.90. The van der Waals surface area contributed by atoms with Crippen LogP contribution in [0.2, 0.25) is 0 Å². The van der Waals surface area contributed by atoms with Crippen LogP contribution in [0.3, 0.4) is 0 Å². The van der Waals surface area contributed by atoms with E-state index >= 15 is 0 Å². The fraction of sp³-hybridized carbons (Fsp3) is 0.238. The molecule has 0 aromatic carbocycles. The summed E-state index contributed by atoms with van der Waals surface area (Å²) in [5.74, 6) is 0.591. The minimum absolute atomic E-state index is 0.169. The van der Waals surface area contributed by atoms with Gasteiger partial charge in [0.1, 0.15) is 5.82 Å². The third kappa shape index (κ3) is 3.69. The maximum absolute atomic E-state index is 13.2. The highest BCUT2D eigenvalue weighted by atomic mass is 16.2. The number of nitrogens with zero attached hydrogens (tertiary/aromatic N) is 5. The van der Waals surface area contributed by atoms with Gasteiger partial charge in [-0.2, -0.15) is 0 Å². The van der Waals surface area contributed by atoms with E-state index in [0.717, 1.165) is 5.82 Å². The number of imidazole rings is 1. The highest BCUT2D eigenvalue weighted by molar-refractivity contribution is 6.02. The van der Waals surface area contributed by atoms with Crippen molar-refractivity contribution in [1.82, 2.24) is 24.6 Å². The Morgan fingerprint density at radius 3 is 2.62 bits per heavy atom. The van der Waals surface area contributed by atoms with Crippen LogP contribution in [0.1, 0.15) is 21.1 Å². The molecule has 0 spiro atoms. The molecule has 8 nitrogen and oxygen atoms in total. The van der Waals surface area contributed by atoms with Crippen molar-refractivity contribution in [2.75, 3.05) is 37.6 Å². The molecular formula is C21H22N6O2. The van der Waals surface area contributed by atoms with E-state index in [9.17, 15) is 9.59 Å². The van der Waals surface area contributed by atoms with Gasteiger partial charge in [0, 0.05) is 45.1 Å². The van der Waals surface area contributed by atoms with Crippen LogP contribution in [0.4, 0.5) is 5.82 Å². The fourth-order valence-corrected chi connectivity index (χ4v) is 3.43. The molecule has 3 aromatic rings. The molecule has 1 fully saturated rings. The Bertz CT molecular complexity index is 1040. The van der Waals surface area contributed by atoms with E-state index < -0.39 is 0 Å². The Kier molecular flexibility index (Phi) is 5.24. The number of hydrogen-bond donors (Lipinski definition) is 1. The number of carbonyl (C=O) groups excluding carboxylic acids is 2. The number of aromatic nitrogens is 3. The predicted molar refractivity (Wildman–Crippen MR) is 110 cm³/mol. The molecule has 8 heteroatoms. The van der Waals surface area contributed by atoms with E-state index in [4.69, 9.17) is 0 Å². The SMILES string of the molecule is C=CCNC(=O)c1nc(C(=O)N2CCN(c3ccccn3)CC2)c2ccccn12. The smallest absolute Gasteiger partial charge is 0.287 e. The van der Waals surface area contributed by atoms with Gasteiger partial charge in [-0.1, -0.05) is 18.2 Å². The molecule has 0 radical (unpaired) electrons. The summed E-state index contributed by atoms with van der Waals surface area (Å²) in [6.45, 7) is 6.46. The van der Waals surface area contributed by atoms with Crippen molar-refractivity contribution in [3.05, 3.63) is 73.0 Å². The minimum atomic E-state index is -0.342. The Morgan fingerprint density at radius 2 is 1.90 bits per heavy atom. The van der Waals surface area contributed by atoms with Gasteiger partial charge in [0.05, 0.1) is 5.52 Å². The van der Waals surface area contributed by atoms with Gasteiger partial charge in [0.25, 0.3) is 11.8 Å². The Morgan fingerprint density at radius 1 is 1.10 bits per heavy atom. The van der Waals surface area contributed by atoms with Gasteiger partial charge in [-0.25, -0.2) is 9.97 Å². The second kappa shape index (κ2) is 8.14. The van der Waals surface area contributed by atoms with Crippen molar-refractivity contribution in [1.29, 1.82) is 0 Å². The molecule has 1 aliphatic rings. The van der Waals surface area contributed by atoms with Crippen molar-refractivity contribution in [2.45, 2.75) is 0 Å². The molecule has 0 atom stereocenters. The van der Waals surface area contributed by atoms with E-state index in [0.29, 0.717) is 43.9 Å². The van der Waals surface area contributed by atoms with Crippen molar-refractivity contribution in [3.8, 4) is 0 Å². The first-order valence-corrected chi connectivity index (χ1v) is 9.50. The average molecular weight is 390 g/mol. The van der Waals surface area contributed by atoms with Crippen LogP contribution in [0, 0.1) is 0 Å². The Balaban J connectivity index is 1.55. The van der Waals surface area contributed by atoms with Gasteiger partial charge in [-0.05, 0) is 24.3 Å². The van der Waals surface area contributed by atoms with E-state index in [1.54, 1.807) is 39.9 Å². The van der Waals surface area contributed by atoms with E-state index in [-0.39, 0.29) is 17.6 Å². The molecule has 148 valence electrons. The predicted octanol–water partition coefficient (Wildman–Crippen LogP) is 1.61. The summed E-state index contributed by atoms with van der Waals surface area (Å²) in [5, 5.41) is 2.72. The van der Waals surface area contributed by atoms with Crippen molar-refractivity contribution in [3.63, 3.8) is 0 Å². The first-order chi connectivity index (χ1) is 14.2. The summed E-state index contributed by atoms with van der Waals surface area (Å²) in [5.41, 5.74) is 0.911. The number of carbonyl (C=O) groups is 2. The zero-order valence-corrected chi connectivity index (χ0v) is 16.0. The van der Waals surface area contributed by atoms with E-state index in [1.165, 1.54) is 0 Å². The number of nitrogens with one attached hydrogen (secondary N) is 1. The standard InChI is InChI=1S/C21H22N6O2/c1-2-9-23-20(28)19-24-18(16-7-4-6-11-27(16)19)21(29)26-14-12-25(13-15-26)17-8-3-5-10-22-17/h2-8,10-11H,1,9,12-15H2,(H,23,28). The van der Waals surface area contributed by atoms with E-state index in [1.807, 2.05) is 24.3 Å². The lowest BCUT2D eigenvalue weighted by atomic mass is 10.2. The fourth-order valence-electron chi connectivity index (χ4n) is 3.43. The number of anilines is 1.